The second kappa shape index (κ2) is 7.79. The average molecular weight is 305 g/mol. The van der Waals surface area contributed by atoms with Crippen molar-refractivity contribution in [2.75, 3.05) is 6.54 Å². The molecule has 1 aromatic carbocycles. The molecule has 0 atom stereocenters. The Balaban J connectivity index is 1.83. The van der Waals surface area contributed by atoms with Gasteiger partial charge in [-0.15, -0.1) is 0 Å². The molecule has 0 saturated heterocycles. The number of nitrogens with one attached hydrogen (secondary N) is 2. The van der Waals surface area contributed by atoms with Crippen molar-refractivity contribution < 1.29 is 15.0 Å². The van der Waals surface area contributed by atoms with Crippen molar-refractivity contribution in [2.45, 2.75) is 45.1 Å². The lowest BCUT2D eigenvalue weighted by Crippen LogP contribution is -2.38. The van der Waals surface area contributed by atoms with Gasteiger partial charge in [-0.1, -0.05) is 19.3 Å². The Bertz CT molecular complexity index is 552. The largest absolute Gasteiger partial charge is 0.508 e. The van der Waals surface area contributed by atoms with E-state index < -0.39 is 0 Å². The van der Waals surface area contributed by atoms with E-state index in [-0.39, 0.29) is 24.0 Å². The number of carbonyl (C=O) groups excluding carboxylic acids is 1. The maximum Gasteiger partial charge on any atom is 0.254 e. The number of amides is 1. The van der Waals surface area contributed by atoms with Crippen molar-refractivity contribution in [2.24, 2.45) is 5.10 Å². The number of nitrogens with zero attached hydrogens (tertiary/aromatic N) is 1. The minimum Gasteiger partial charge on any atom is -0.508 e. The van der Waals surface area contributed by atoms with Crippen LogP contribution in [0.2, 0.25) is 0 Å². The Hall–Kier alpha value is -2.08. The molecule has 2 rings (SSSR count). The van der Waals surface area contributed by atoms with E-state index >= 15 is 0 Å². The maximum absolute atomic E-state index is 11.8. The highest BCUT2D eigenvalue weighted by Gasteiger charge is 2.13. The molecule has 0 aromatic heterocycles. The Morgan fingerprint density at radius 1 is 1.27 bits per heavy atom. The molecule has 0 bridgehead atoms. The normalized spacial score (nSPS) is 16.5. The van der Waals surface area contributed by atoms with Gasteiger partial charge in [0.15, 0.2) is 0 Å². The minimum absolute atomic E-state index is 0.0187. The summed E-state index contributed by atoms with van der Waals surface area (Å²) in [5.41, 5.74) is 3.42. The van der Waals surface area contributed by atoms with Gasteiger partial charge in [-0.05, 0) is 31.9 Å². The number of rotatable bonds is 5. The first-order valence-electron chi connectivity index (χ1n) is 7.65. The van der Waals surface area contributed by atoms with Gasteiger partial charge in [0.25, 0.3) is 5.91 Å². The van der Waals surface area contributed by atoms with Crippen molar-refractivity contribution in [3.8, 4) is 11.5 Å². The molecule has 0 aliphatic heterocycles. The first-order valence-corrected chi connectivity index (χ1v) is 7.65. The molecule has 1 aromatic rings. The van der Waals surface area contributed by atoms with Gasteiger partial charge in [-0.25, -0.2) is 5.43 Å². The van der Waals surface area contributed by atoms with E-state index in [1.165, 1.54) is 31.4 Å². The summed E-state index contributed by atoms with van der Waals surface area (Å²) in [6, 6.07) is 4.67. The molecule has 0 unspecified atom stereocenters. The SMILES string of the molecule is C/C(=N/NC(=O)CNC1CCCCC1)c1ccc(O)cc1O. The smallest absolute Gasteiger partial charge is 0.254 e. The molecule has 1 amide bonds. The molecule has 1 fully saturated rings. The van der Waals surface area contributed by atoms with Crippen LogP contribution in [0.4, 0.5) is 0 Å². The molecule has 0 heterocycles. The first kappa shape index (κ1) is 16.3. The summed E-state index contributed by atoms with van der Waals surface area (Å²) >= 11 is 0. The van der Waals surface area contributed by atoms with E-state index in [9.17, 15) is 15.0 Å². The number of phenols is 2. The van der Waals surface area contributed by atoms with E-state index in [4.69, 9.17) is 0 Å². The molecule has 1 aliphatic rings. The third kappa shape index (κ3) is 4.73. The second-order valence-corrected chi connectivity index (χ2v) is 5.65. The molecule has 6 heteroatoms. The zero-order valence-electron chi connectivity index (χ0n) is 12.8. The monoisotopic (exact) mass is 305 g/mol. The molecule has 4 N–H and O–H groups in total. The molecule has 0 radical (unpaired) electrons. The van der Waals surface area contributed by atoms with E-state index in [1.54, 1.807) is 13.0 Å². The van der Waals surface area contributed by atoms with Crippen LogP contribution in [-0.2, 0) is 4.79 Å². The summed E-state index contributed by atoms with van der Waals surface area (Å²) in [6.45, 7) is 1.92. The van der Waals surface area contributed by atoms with E-state index in [2.05, 4.69) is 15.8 Å². The number of phenolic OH excluding ortho intramolecular Hbond substituents is 2. The third-order valence-electron chi connectivity index (χ3n) is 3.88. The lowest BCUT2D eigenvalue weighted by molar-refractivity contribution is -0.120. The number of carbonyl (C=O) groups is 1. The predicted molar refractivity (Wildman–Crippen MR) is 85.0 cm³/mol. The van der Waals surface area contributed by atoms with Gasteiger partial charge in [0.2, 0.25) is 0 Å². The van der Waals surface area contributed by atoms with Crippen LogP contribution in [0.1, 0.15) is 44.6 Å². The molecule has 0 spiro atoms. The van der Waals surface area contributed by atoms with Crippen LogP contribution < -0.4 is 10.7 Å². The van der Waals surface area contributed by atoms with Gasteiger partial charge in [0, 0.05) is 17.7 Å². The van der Waals surface area contributed by atoms with Crippen molar-refractivity contribution in [1.29, 1.82) is 0 Å². The van der Waals surface area contributed by atoms with Crippen LogP contribution in [0.25, 0.3) is 0 Å². The van der Waals surface area contributed by atoms with E-state index in [1.807, 2.05) is 0 Å². The number of aromatic hydroxyl groups is 2. The van der Waals surface area contributed by atoms with Crippen molar-refractivity contribution in [1.82, 2.24) is 10.7 Å². The number of benzene rings is 1. The fourth-order valence-corrected chi connectivity index (χ4v) is 2.62. The lowest BCUT2D eigenvalue weighted by Gasteiger charge is -2.22. The summed E-state index contributed by atoms with van der Waals surface area (Å²) in [5, 5.41) is 26.2. The van der Waals surface area contributed by atoms with Crippen molar-refractivity contribution in [3.63, 3.8) is 0 Å². The molecule has 120 valence electrons. The van der Waals surface area contributed by atoms with Crippen LogP contribution >= 0.6 is 0 Å². The highest BCUT2D eigenvalue weighted by Crippen LogP contribution is 2.23. The standard InChI is InChI=1S/C16H23N3O3/c1-11(14-8-7-13(20)9-15(14)21)18-19-16(22)10-17-12-5-3-2-4-6-12/h7-9,12,17,20-21H,2-6,10H2,1H3,(H,19,22)/b18-11-. The van der Waals surface area contributed by atoms with E-state index in [0.29, 0.717) is 17.3 Å². The van der Waals surface area contributed by atoms with Crippen LogP contribution in [0.5, 0.6) is 11.5 Å². The molecule has 22 heavy (non-hydrogen) atoms. The first-order chi connectivity index (χ1) is 10.6. The zero-order valence-corrected chi connectivity index (χ0v) is 12.8. The molecule has 6 nitrogen and oxygen atoms in total. The summed E-state index contributed by atoms with van der Waals surface area (Å²) in [5.74, 6) is -0.297. The van der Waals surface area contributed by atoms with Gasteiger partial charge < -0.3 is 15.5 Å². The fraction of sp³-hybridized carbons (Fsp3) is 0.500. The third-order valence-corrected chi connectivity index (χ3v) is 3.88. The van der Waals surface area contributed by atoms with Crippen LogP contribution in [0.3, 0.4) is 0 Å². The van der Waals surface area contributed by atoms with Gasteiger partial charge in [0.05, 0.1) is 12.3 Å². The van der Waals surface area contributed by atoms with Crippen molar-refractivity contribution in [3.05, 3.63) is 23.8 Å². The quantitative estimate of drug-likeness (QED) is 0.493. The summed E-state index contributed by atoms with van der Waals surface area (Å²) in [6.07, 6.45) is 5.96. The highest BCUT2D eigenvalue weighted by molar-refractivity contribution is 6.01. The Morgan fingerprint density at radius 3 is 2.68 bits per heavy atom. The summed E-state index contributed by atoms with van der Waals surface area (Å²) < 4.78 is 0. The van der Waals surface area contributed by atoms with Gasteiger partial charge >= 0.3 is 0 Å². The maximum atomic E-state index is 11.8. The Labute approximate surface area is 130 Å². The zero-order chi connectivity index (χ0) is 15.9. The molecule has 1 saturated carbocycles. The van der Waals surface area contributed by atoms with Crippen LogP contribution in [0.15, 0.2) is 23.3 Å². The Morgan fingerprint density at radius 2 is 2.00 bits per heavy atom. The lowest BCUT2D eigenvalue weighted by atomic mass is 9.95. The van der Waals surface area contributed by atoms with Crippen LogP contribution in [0, 0.1) is 0 Å². The van der Waals surface area contributed by atoms with Crippen LogP contribution in [-0.4, -0.2) is 34.4 Å². The van der Waals surface area contributed by atoms with Gasteiger partial charge in [0.1, 0.15) is 11.5 Å². The topological polar surface area (TPSA) is 94.0 Å². The summed E-state index contributed by atoms with van der Waals surface area (Å²) in [4.78, 5) is 11.8. The van der Waals surface area contributed by atoms with E-state index in [0.717, 1.165) is 12.8 Å². The van der Waals surface area contributed by atoms with Gasteiger partial charge in [-0.3, -0.25) is 4.79 Å². The molecular formula is C16H23N3O3. The number of hydrazone groups is 1. The number of hydrogen-bond acceptors (Lipinski definition) is 5. The Kier molecular flexibility index (Phi) is 5.77. The van der Waals surface area contributed by atoms with Gasteiger partial charge in [-0.2, -0.15) is 5.10 Å². The minimum atomic E-state index is -0.205. The summed E-state index contributed by atoms with van der Waals surface area (Å²) in [7, 11) is 0. The predicted octanol–water partition coefficient (Wildman–Crippen LogP) is 1.86. The molecule has 1 aliphatic carbocycles. The number of hydrogen-bond donors (Lipinski definition) is 4. The molecular weight excluding hydrogens is 282 g/mol. The van der Waals surface area contributed by atoms with Crippen molar-refractivity contribution >= 4 is 11.6 Å². The average Bonchev–Trinajstić information content (AvgIpc) is 2.51. The fourth-order valence-electron chi connectivity index (χ4n) is 2.62. The second-order valence-electron chi connectivity index (χ2n) is 5.65. The highest BCUT2D eigenvalue weighted by atomic mass is 16.3.